The molecule has 1 aliphatic heterocycles. The second-order valence-corrected chi connectivity index (χ2v) is 7.47. The number of hydrogen-bond acceptors (Lipinski definition) is 6. The molecule has 5 nitrogen and oxygen atoms in total. The van der Waals surface area contributed by atoms with Crippen molar-refractivity contribution in [3.05, 3.63) is 51.5 Å². The Bertz CT molecular complexity index is 901. The van der Waals surface area contributed by atoms with E-state index in [1.54, 1.807) is 12.1 Å². The highest BCUT2D eigenvalue weighted by Crippen LogP contribution is 2.38. The number of hydrogen-bond donors (Lipinski definition) is 0. The van der Waals surface area contributed by atoms with Crippen LogP contribution in [0.4, 0.5) is 0 Å². The van der Waals surface area contributed by atoms with Crippen molar-refractivity contribution in [1.82, 2.24) is 10.2 Å². The molecule has 0 spiro atoms. The summed E-state index contributed by atoms with van der Waals surface area (Å²) in [4.78, 5) is 0. The highest BCUT2D eigenvalue weighted by atomic mass is 79.9. The number of fused-ring (bicyclic) bond motifs is 1. The topological polar surface area (TPSA) is 57.4 Å². The molecule has 4 rings (SSSR count). The molecule has 128 valence electrons. The van der Waals surface area contributed by atoms with Crippen LogP contribution in [0.5, 0.6) is 11.5 Å². The van der Waals surface area contributed by atoms with Crippen LogP contribution >= 0.6 is 39.3 Å². The summed E-state index contributed by atoms with van der Waals surface area (Å²) in [6, 6.07) is 11.2. The summed E-state index contributed by atoms with van der Waals surface area (Å²) in [5.41, 5.74) is 1.91. The van der Waals surface area contributed by atoms with E-state index >= 15 is 0 Å². The zero-order valence-corrected chi connectivity index (χ0v) is 16.0. The summed E-state index contributed by atoms with van der Waals surface area (Å²) in [7, 11) is 0. The largest absolute Gasteiger partial charge is 0.486 e. The number of aromatic nitrogens is 2. The quantitative estimate of drug-likeness (QED) is 0.520. The van der Waals surface area contributed by atoms with Gasteiger partial charge in [-0.3, -0.25) is 0 Å². The van der Waals surface area contributed by atoms with Crippen molar-refractivity contribution in [2.24, 2.45) is 0 Å². The monoisotopic (exact) mass is 438 g/mol. The average Bonchev–Trinajstić information content (AvgIpc) is 3.09. The van der Waals surface area contributed by atoms with Crippen LogP contribution in [0.2, 0.25) is 5.02 Å². The molecule has 0 amide bonds. The van der Waals surface area contributed by atoms with Gasteiger partial charge in [-0.2, -0.15) is 0 Å². The Labute approximate surface area is 161 Å². The van der Waals surface area contributed by atoms with Gasteiger partial charge >= 0.3 is 0 Å². The molecule has 0 fully saturated rings. The molecule has 0 aliphatic carbocycles. The fraction of sp³-hybridized carbons (Fsp3) is 0.176. The lowest BCUT2D eigenvalue weighted by Gasteiger charge is -2.19. The molecule has 8 heteroatoms. The summed E-state index contributed by atoms with van der Waals surface area (Å²) in [5, 5.41) is 9.35. The van der Waals surface area contributed by atoms with Gasteiger partial charge in [-0.15, -0.1) is 10.2 Å². The lowest BCUT2D eigenvalue weighted by atomic mass is 10.2. The standard InChI is InChI=1S/C17H12BrClN2O3S/c18-13-8-15-14(22-5-6-23-15)7-11(13)9-25-17-21-20-16(24-17)10-1-3-12(19)4-2-10/h1-4,7-8H,5-6,9H2. The smallest absolute Gasteiger partial charge is 0.277 e. The maximum absolute atomic E-state index is 5.89. The zero-order chi connectivity index (χ0) is 17.2. The third-order valence-electron chi connectivity index (χ3n) is 3.56. The molecule has 3 aromatic rings. The van der Waals surface area contributed by atoms with Crippen molar-refractivity contribution in [2.45, 2.75) is 11.0 Å². The molecule has 0 N–H and O–H groups in total. The molecule has 0 saturated carbocycles. The summed E-state index contributed by atoms with van der Waals surface area (Å²) in [6.45, 7) is 1.14. The average molecular weight is 440 g/mol. The fourth-order valence-corrected chi connectivity index (χ4v) is 3.86. The highest BCUT2D eigenvalue weighted by molar-refractivity contribution is 9.10. The molecule has 2 aromatic carbocycles. The summed E-state index contributed by atoms with van der Waals surface area (Å²) >= 11 is 10.9. The van der Waals surface area contributed by atoms with Crippen molar-refractivity contribution in [2.75, 3.05) is 13.2 Å². The predicted octanol–water partition coefficient (Wildman–Crippen LogP) is 5.22. The van der Waals surface area contributed by atoms with Crippen LogP contribution in [0.25, 0.3) is 11.5 Å². The second-order valence-electron chi connectivity index (χ2n) is 5.26. The molecule has 1 aromatic heterocycles. The van der Waals surface area contributed by atoms with Crippen molar-refractivity contribution in [1.29, 1.82) is 0 Å². The van der Waals surface area contributed by atoms with Gasteiger partial charge in [0.15, 0.2) is 11.5 Å². The molecule has 0 atom stereocenters. The van der Waals surface area contributed by atoms with E-state index in [1.807, 2.05) is 24.3 Å². The van der Waals surface area contributed by atoms with Crippen LogP contribution in [0, 0.1) is 0 Å². The van der Waals surface area contributed by atoms with Crippen LogP contribution in [-0.4, -0.2) is 23.4 Å². The van der Waals surface area contributed by atoms with Gasteiger partial charge in [-0.25, -0.2) is 0 Å². The van der Waals surface area contributed by atoms with Gasteiger partial charge in [-0.05, 0) is 42.0 Å². The van der Waals surface area contributed by atoms with E-state index in [1.165, 1.54) is 11.8 Å². The first kappa shape index (κ1) is 16.8. The van der Waals surface area contributed by atoms with E-state index in [9.17, 15) is 0 Å². The Kier molecular flexibility index (Phi) is 4.87. The third kappa shape index (κ3) is 3.78. The SMILES string of the molecule is Clc1ccc(-c2nnc(SCc3cc4c(cc3Br)OCCO4)o2)cc1. The molecule has 0 bridgehead atoms. The number of thioether (sulfide) groups is 1. The lowest BCUT2D eigenvalue weighted by molar-refractivity contribution is 0.171. The molecule has 2 heterocycles. The minimum atomic E-state index is 0.473. The minimum Gasteiger partial charge on any atom is -0.486 e. The first-order valence-corrected chi connectivity index (χ1v) is 9.65. The van der Waals surface area contributed by atoms with Gasteiger partial charge < -0.3 is 13.9 Å². The van der Waals surface area contributed by atoms with Crippen molar-refractivity contribution >= 4 is 39.3 Å². The number of benzene rings is 2. The molecule has 0 unspecified atom stereocenters. The number of ether oxygens (including phenoxy) is 2. The normalized spacial score (nSPS) is 13.0. The van der Waals surface area contributed by atoms with Crippen molar-refractivity contribution in [3.8, 4) is 23.0 Å². The molecule has 0 radical (unpaired) electrons. The Morgan fingerprint density at radius 1 is 1.04 bits per heavy atom. The van der Waals surface area contributed by atoms with Crippen LogP contribution in [-0.2, 0) is 5.75 Å². The first-order chi connectivity index (χ1) is 12.2. The fourth-order valence-electron chi connectivity index (χ4n) is 2.33. The molecular formula is C17H12BrClN2O3S. The van der Waals surface area contributed by atoms with E-state index in [0.29, 0.717) is 35.1 Å². The Hall–Kier alpha value is -1.70. The molecule has 1 aliphatic rings. The summed E-state index contributed by atoms with van der Waals surface area (Å²) in [6.07, 6.45) is 0. The molecular weight excluding hydrogens is 428 g/mol. The van der Waals surface area contributed by atoms with Crippen LogP contribution < -0.4 is 9.47 Å². The van der Waals surface area contributed by atoms with Crippen LogP contribution in [0.3, 0.4) is 0 Å². The van der Waals surface area contributed by atoms with E-state index in [4.69, 9.17) is 25.5 Å². The van der Waals surface area contributed by atoms with E-state index in [2.05, 4.69) is 26.1 Å². The van der Waals surface area contributed by atoms with Gasteiger partial charge in [0.1, 0.15) is 13.2 Å². The summed E-state index contributed by atoms with van der Waals surface area (Å²) < 4.78 is 17.9. The third-order valence-corrected chi connectivity index (χ3v) is 5.42. The van der Waals surface area contributed by atoms with Crippen LogP contribution in [0.1, 0.15) is 5.56 Å². The number of halogens is 2. The maximum atomic E-state index is 5.89. The Balaban J connectivity index is 1.48. The molecule has 0 saturated heterocycles. The Morgan fingerprint density at radius 3 is 2.52 bits per heavy atom. The minimum absolute atomic E-state index is 0.473. The summed E-state index contributed by atoms with van der Waals surface area (Å²) in [5.74, 6) is 2.66. The van der Waals surface area contributed by atoms with E-state index in [-0.39, 0.29) is 0 Å². The van der Waals surface area contributed by atoms with Gasteiger partial charge in [0, 0.05) is 20.8 Å². The van der Waals surface area contributed by atoms with Gasteiger partial charge in [0.25, 0.3) is 5.22 Å². The van der Waals surface area contributed by atoms with Gasteiger partial charge in [0.05, 0.1) is 0 Å². The lowest BCUT2D eigenvalue weighted by Crippen LogP contribution is -2.15. The van der Waals surface area contributed by atoms with Gasteiger partial charge in [-0.1, -0.05) is 39.3 Å². The zero-order valence-electron chi connectivity index (χ0n) is 12.9. The van der Waals surface area contributed by atoms with Crippen LogP contribution in [0.15, 0.2) is 50.5 Å². The van der Waals surface area contributed by atoms with Crippen molar-refractivity contribution < 1.29 is 13.9 Å². The number of nitrogens with zero attached hydrogens (tertiary/aromatic N) is 2. The molecule has 25 heavy (non-hydrogen) atoms. The number of rotatable bonds is 4. The first-order valence-electron chi connectivity index (χ1n) is 7.49. The Morgan fingerprint density at radius 2 is 1.76 bits per heavy atom. The predicted molar refractivity (Wildman–Crippen MR) is 99.4 cm³/mol. The maximum Gasteiger partial charge on any atom is 0.277 e. The van der Waals surface area contributed by atoms with E-state index in [0.717, 1.165) is 27.1 Å². The van der Waals surface area contributed by atoms with Gasteiger partial charge in [0.2, 0.25) is 5.89 Å². The highest BCUT2D eigenvalue weighted by Gasteiger charge is 2.16. The van der Waals surface area contributed by atoms with Crippen molar-refractivity contribution in [3.63, 3.8) is 0 Å². The second kappa shape index (κ2) is 7.27. The van der Waals surface area contributed by atoms with E-state index < -0.39 is 0 Å².